The summed E-state index contributed by atoms with van der Waals surface area (Å²) in [5, 5.41) is 9.57. The maximum Gasteiger partial charge on any atom is 0.126 e. The zero-order valence-electron chi connectivity index (χ0n) is 10.8. The lowest BCUT2D eigenvalue weighted by atomic mass is 9.92. The van der Waals surface area contributed by atoms with Crippen LogP contribution in [0.5, 0.6) is 5.75 Å². The third-order valence-electron chi connectivity index (χ3n) is 3.22. The Labute approximate surface area is 112 Å². The molecular formula is C16H17FO2. The van der Waals surface area contributed by atoms with Crippen molar-refractivity contribution in [3.8, 4) is 5.75 Å². The topological polar surface area (TPSA) is 29.5 Å². The molecule has 0 radical (unpaired) electrons. The van der Waals surface area contributed by atoms with Crippen LogP contribution in [0, 0.1) is 5.82 Å². The monoisotopic (exact) mass is 260 g/mol. The van der Waals surface area contributed by atoms with Gasteiger partial charge >= 0.3 is 0 Å². The fraction of sp³-hybridized carbons (Fsp3) is 0.250. The normalized spacial score (nSPS) is 12.2. The average molecular weight is 260 g/mol. The molecule has 0 spiro atoms. The lowest BCUT2D eigenvalue weighted by Crippen LogP contribution is -2.10. The van der Waals surface area contributed by atoms with Gasteiger partial charge < -0.3 is 9.84 Å². The predicted molar refractivity (Wildman–Crippen MR) is 72.9 cm³/mol. The van der Waals surface area contributed by atoms with E-state index < -0.39 is 0 Å². The number of para-hydroxylation sites is 1. The van der Waals surface area contributed by atoms with Crippen LogP contribution in [0.25, 0.3) is 0 Å². The molecule has 3 heteroatoms. The number of ether oxygens (including phenoxy) is 1. The lowest BCUT2D eigenvalue weighted by Gasteiger charge is -2.18. The van der Waals surface area contributed by atoms with Crippen LogP contribution in [0.2, 0.25) is 0 Å². The largest absolute Gasteiger partial charge is 0.496 e. The molecule has 0 saturated carbocycles. The maximum absolute atomic E-state index is 13.7. The van der Waals surface area contributed by atoms with Gasteiger partial charge in [-0.3, -0.25) is 0 Å². The summed E-state index contributed by atoms with van der Waals surface area (Å²) in [5.74, 6) is 0.307. The second-order valence-corrected chi connectivity index (χ2v) is 4.42. The Kier molecular flexibility index (Phi) is 4.53. The fourth-order valence-electron chi connectivity index (χ4n) is 2.21. The molecular weight excluding hydrogens is 243 g/mol. The van der Waals surface area contributed by atoms with E-state index in [1.165, 1.54) is 6.07 Å². The van der Waals surface area contributed by atoms with Crippen molar-refractivity contribution in [1.29, 1.82) is 0 Å². The highest BCUT2D eigenvalue weighted by molar-refractivity contribution is 5.37. The number of hydrogen-bond donors (Lipinski definition) is 1. The molecule has 19 heavy (non-hydrogen) atoms. The summed E-state index contributed by atoms with van der Waals surface area (Å²) in [6.07, 6.45) is 0.448. The van der Waals surface area contributed by atoms with E-state index in [2.05, 4.69) is 0 Å². The van der Waals surface area contributed by atoms with Gasteiger partial charge in [0.05, 0.1) is 13.7 Å². The van der Waals surface area contributed by atoms with E-state index in [-0.39, 0.29) is 18.3 Å². The van der Waals surface area contributed by atoms with Gasteiger partial charge in [-0.1, -0.05) is 36.4 Å². The second kappa shape index (κ2) is 6.34. The van der Waals surface area contributed by atoms with Gasteiger partial charge in [0.2, 0.25) is 0 Å². The molecule has 0 bridgehead atoms. The molecule has 0 aromatic heterocycles. The fourth-order valence-corrected chi connectivity index (χ4v) is 2.21. The molecule has 1 N–H and O–H groups in total. The molecule has 2 aromatic rings. The first-order chi connectivity index (χ1) is 9.26. The minimum absolute atomic E-state index is 0.0469. The Balaban J connectivity index is 2.28. The maximum atomic E-state index is 13.7. The molecule has 0 amide bonds. The van der Waals surface area contributed by atoms with Crippen LogP contribution < -0.4 is 4.74 Å². The minimum Gasteiger partial charge on any atom is -0.496 e. The van der Waals surface area contributed by atoms with Crippen molar-refractivity contribution < 1.29 is 14.2 Å². The van der Waals surface area contributed by atoms with Gasteiger partial charge in [0.1, 0.15) is 11.6 Å². The van der Waals surface area contributed by atoms with Gasteiger partial charge in [-0.05, 0) is 29.7 Å². The SMILES string of the molecule is COc1ccccc1C(CO)Cc1ccccc1F. The van der Waals surface area contributed by atoms with E-state index >= 15 is 0 Å². The molecule has 1 unspecified atom stereocenters. The highest BCUT2D eigenvalue weighted by atomic mass is 19.1. The van der Waals surface area contributed by atoms with Gasteiger partial charge in [0, 0.05) is 5.92 Å². The first-order valence-electron chi connectivity index (χ1n) is 6.23. The molecule has 0 aliphatic heterocycles. The van der Waals surface area contributed by atoms with Crippen LogP contribution in [0.1, 0.15) is 17.0 Å². The Morgan fingerprint density at radius 3 is 2.47 bits per heavy atom. The average Bonchev–Trinajstić information content (AvgIpc) is 2.46. The van der Waals surface area contributed by atoms with Crippen LogP contribution in [0.4, 0.5) is 4.39 Å². The summed E-state index contributed by atoms with van der Waals surface area (Å²) in [5.41, 5.74) is 1.50. The van der Waals surface area contributed by atoms with Crippen LogP contribution in [0.3, 0.4) is 0 Å². The summed E-state index contributed by atoms with van der Waals surface area (Å²) in [6, 6.07) is 14.2. The van der Waals surface area contributed by atoms with Crippen LogP contribution in [0.15, 0.2) is 48.5 Å². The Morgan fingerprint density at radius 1 is 1.11 bits per heavy atom. The highest BCUT2D eigenvalue weighted by Gasteiger charge is 2.17. The zero-order valence-corrected chi connectivity index (χ0v) is 10.8. The molecule has 100 valence electrons. The summed E-state index contributed by atoms with van der Waals surface area (Å²) >= 11 is 0. The lowest BCUT2D eigenvalue weighted by molar-refractivity contribution is 0.260. The standard InChI is InChI=1S/C16H17FO2/c1-19-16-9-5-3-7-14(16)13(11-18)10-12-6-2-4-8-15(12)17/h2-9,13,18H,10-11H2,1H3. The third-order valence-corrected chi connectivity index (χ3v) is 3.22. The summed E-state index contributed by atoms with van der Waals surface area (Å²) in [4.78, 5) is 0. The molecule has 0 aliphatic rings. The van der Waals surface area contributed by atoms with E-state index in [4.69, 9.17) is 4.74 Å². The molecule has 0 saturated heterocycles. The number of rotatable bonds is 5. The van der Waals surface area contributed by atoms with Crippen molar-refractivity contribution >= 4 is 0 Å². The predicted octanol–water partition coefficient (Wildman–Crippen LogP) is 3.15. The first kappa shape index (κ1) is 13.6. The van der Waals surface area contributed by atoms with Gasteiger partial charge in [-0.25, -0.2) is 4.39 Å². The summed E-state index contributed by atoms with van der Waals surface area (Å²) in [6.45, 7) is -0.0469. The van der Waals surface area contributed by atoms with Crippen molar-refractivity contribution in [2.75, 3.05) is 13.7 Å². The number of methoxy groups -OCH3 is 1. The summed E-state index contributed by atoms with van der Waals surface area (Å²) < 4.78 is 19.0. The Morgan fingerprint density at radius 2 is 1.79 bits per heavy atom. The number of benzene rings is 2. The van der Waals surface area contributed by atoms with Crippen LogP contribution in [-0.4, -0.2) is 18.8 Å². The number of halogens is 1. The van der Waals surface area contributed by atoms with Crippen molar-refractivity contribution in [2.45, 2.75) is 12.3 Å². The number of hydrogen-bond acceptors (Lipinski definition) is 2. The molecule has 0 fully saturated rings. The van der Waals surface area contributed by atoms with Crippen molar-refractivity contribution in [3.05, 3.63) is 65.5 Å². The quantitative estimate of drug-likeness (QED) is 0.894. The van der Waals surface area contributed by atoms with E-state index in [9.17, 15) is 9.50 Å². The van der Waals surface area contributed by atoms with E-state index in [0.717, 1.165) is 11.3 Å². The molecule has 2 aromatic carbocycles. The Hall–Kier alpha value is -1.87. The van der Waals surface area contributed by atoms with E-state index in [0.29, 0.717) is 12.0 Å². The summed E-state index contributed by atoms with van der Waals surface area (Å²) in [7, 11) is 1.59. The van der Waals surface area contributed by atoms with Crippen LogP contribution >= 0.6 is 0 Å². The van der Waals surface area contributed by atoms with Crippen LogP contribution in [-0.2, 0) is 6.42 Å². The third kappa shape index (κ3) is 3.12. The molecule has 2 nitrogen and oxygen atoms in total. The molecule has 0 heterocycles. The van der Waals surface area contributed by atoms with Gasteiger partial charge in [-0.2, -0.15) is 0 Å². The molecule has 1 atom stereocenters. The Bertz CT molecular complexity index is 540. The van der Waals surface area contributed by atoms with Gasteiger partial charge in [0.15, 0.2) is 0 Å². The van der Waals surface area contributed by atoms with Crippen molar-refractivity contribution in [2.24, 2.45) is 0 Å². The van der Waals surface area contributed by atoms with Crippen molar-refractivity contribution in [1.82, 2.24) is 0 Å². The number of aliphatic hydroxyl groups excluding tert-OH is 1. The minimum atomic E-state index is -0.240. The van der Waals surface area contributed by atoms with Gasteiger partial charge in [0.25, 0.3) is 0 Å². The van der Waals surface area contributed by atoms with Gasteiger partial charge in [-0.15, -0.1) is 0 Å². The zero-order chi connectivity index (χ0) is 13.7. The number of aliphatic hydroxyl groups is 1. The smallest absolute Gasteiger partial charge is 0.126 e. The van der Waals surface area contributed by atoms with E-state index in [1.54, 1.807) is 25.3 Å². The highest BCUT2D eigenvalue weighted by Crippen LogP contribution is 2.29. The van der Waals surface area contributed by atoms with Crippen molar-refractivity contribution in [3.63, 3.8) is 0 Å². The second-order valence-electron chi connectivity index (χ2n) is 4.42. The first-order valence-corrected chi connectivity index (χ1v) is 6.23. The van der Waals surface area contributed by atoms with E-state index in [1.807, 2.05) is 24.3 Å². The molecule has 2 rings (SSSR count). The molecule has 0 aliphatic carbocycles.